The van der Waals surface area contributed by atoms with Gasteiger partial charge in [0.1, 0.15) is 0 Å². The van der Waals surface area contributed by atoms with Crippen molar-refractivity contribution < 1.29 is 4.79 Å². The molecule has 1 saturated carbocycles. The number of allylic oxidation sites excluding steroid dienone is 2. The molecule has 4 N–H and O–H groups in total. The summed E-state index contributed by atoms with van der Waals surface area (Å²) in [5.74, 6) is 0.400. The van der Waals surface area contributed by atoms with Gasteiger partial charge in [-0.05, 0) is 43.2 Å². The third-order valence-electron chi connectivity index (χ3n) is 4.78. The highest BCUT2D eigenvalue weighted by atomic mass is 16.1. The highest BCUT2D eigenvalue weighted by Gasteiger charge is 2.49. The average Bonchev–Trinajstić information content (AvgIpc) is 3.01. The maximum Gasteiger partial charge on any atom is 0.253 e. The molecule has 0 spiro atoms. The van der Waals surface area contributed by atoms with Gasteiger partial charge in [0.15, 0.2) is 5.96 Å². The second kappa shape index (κ2) is 5.02. The van der Waals surface area contributed by atoms with Gasteiger partial charge in [-0.2, -0.15) is 4.99 Å². The molecule has 21 heavy (non-hydrogen) atoms. The molecule has 4 heteroatoms. The predicted octanol–water partition coefficient (Wildman–Crippen LogP) is 2.01. The number of rotatable bonds is 2. The highest BCUT2D eigenvalue weighted by Crippen LogP contribution is 2.54. The van der Waals surface area contributed by atoms with E-state index in [0.29, 0.717) is 5.92 Å². The molecule has 4 nitrogen and oxygen atoms in total. The molecular formula is C17H21N3O. The number of nitrogens with zero attached hydrogens (tertiary/aromatic N) is 1. The molecule has 1 aromatic rings. The van der Waals surface area contributed by atoms with Crippen molar-refractivity contribution in [3.05, 3.63) is 47.0 Å². The lowest BCUT2D eigenvalue weighted by Gasteiger charge is -2.27. The summed E-state index contributed by atoms with van der Waals surface area (Å²) < 4.78 is 0. The SMILES string of the molecule is Cc1ccc(C)c([C@H]2C3C=CC(C3)[C@@H]2C(=O)N=C(N)N)c1. The molecule has 1 amide bonds. The zero-order valence-corrected chi connectivity index (χ0v) is 12.4. The second-order valence-corrected chi connectivity index (χ2v) is 6.23. The van der Waals surface area contributed by atoms with Crippen LogP contribution in [0.3, 0.4) is 0 Å². The van der Waals surface area contributed by atoms with Crippen LogP contribution in [0.25, 0.3) is 0 Å². The quantitative estimate of drug-likeness (QED) is 0.495. The number of amides is 1. The minimum atomic E-state index is -0.183. The van der Waals surface area contributed by atoms with E-state index in [2.05, 4.69) is 49.2 Å². The number of carbonyl (C=O) groups is 1. The van der Waals surface area contributed by atoms with Crippen molar-refractivity contribution in [2.75, 3.05) is 0 Å². The molecule has 1 aromatic carbocycles. The molecule has 0 aromatic heterocycles. The van der Waals surface area contributed by atoms with E-state index in [4.69, 9.17) is 11.5 Å². The Kier molecular flexibility index (Phi) is 3.32. The van der Waals surface area contributed by atoms with Crippen molar-refractivity contribution in [1.82, 2.24) is 0 Å². The zero-order valence-electron chi connectivity index (χ0n) is 12.4. The van der Waals surface area contributed by atoms with E-state index in [9.17, 15) is 4.79 Å². The first kappa shape index (κ1) is 13.9. The Labute approximate surface area is 124 Å². The van der Waals surface area contributed by atoms with Gasteiger partial charge in [-0.1, -0.05) is 35.9 Å². The number of nitrogens with two attached hydrogens (primary N) is 2. The Balaban J connectivity index is 2.03. The first-order valence-electron chi connectivity index (χ1n) is 7.36. The molecule has 2 unspecified atom stereocenters. The molecule has 3 rings (SSSR count). The van der Waals surface area contributed by atoms with Gasteiger partial charge in [0, 0.05) is 5.92 Å². The minimum Gasteiger partial charge on any atom is -0.370 e. The van der Waals surface area contributed by atoms with Crippen LogP contribution in [0.1, 0.15) is 29.0 Å². The van der Waals surface area contributed by atoms with Crippen molar-refractivity contribution in [1.29, 1.82) is 0 Å². The molecule has 0 aliphatic heterocycles. The summed E-state index contributed by atoms with van der Waals surface area (Å²) >= 11 is 0. The summed E-state index contributed by atoms with van der Waals surface area (Å²) in [5.41, 5.74) is 14.5. The van der Waals surface area contributed by atoms with Gasteiger partial charge in [-0.3, -0.25) is 4.79 Å². The Morgan fingerprint density at radius 3 is 2.62 bits per heavy atom. The Bertz CT molecular complexity index is 643. The molecule has 1 fully saturated rings. The Morgan fingerprint density at radius 1 is 1.19 bits per heavy atom. The number of aliphatic imine (C=N–C) groups is 1. The molecule has 110 valence electrons. The normalized spacial score (nSPS) is 29.6. The third kappa shape index (κ3) is 2.35. The first-order valence-corrected chi connectivity index (χ1v) is 7.36. The number of aryl methyl sites for hydroxylation is 2. The number of guanidine groups is 1. The monoisotopic (exact) mass is 283 g/mol. The highest BCUT2D eigenvalue weighted by molar-refractivity contribution is 5.93. The van der Waals surface area contributed by atoms with Crippen molar-refractivity contribution >= 4 is 11.9 Å². The number of hydrogen-bond donors (Lipinski definition) is 2. The van der Waals surface area contributed by atoms with Crippen molar-refractivity contribution in [2.24, 2.45) is 34.2 Å². The fourth-order valence-corrected chi connectivity index (χ4v) is 3.90. The maximum atomic E-state index is 12.4. The summed E-state index contributed by atoms with van der Waals surface area (Å²) in [6, 6.07) is 6.43. The molecule has 4 atom stereocenters. The van der Waals surface area contributed by atoms with E-state index < -0.39 is 0 Å². The van der Waals surface area contributed by atoms with Gasteiger partial charge in [0.25, 0.3) is 5.91 Å². The van der Waals surface area contributed by atoms with E-state index in [1.165, 1.54) is 16.7 Å². The van der Waals surface area contributed by atoms with Crippen LogP contribution in [0.4, 0.5) is 0 Å². The van der Waals surface area contributed by atoms with Crippen LogP contribution in [-0.2, 0) is 4.79 Å². The van der Waals surface area contributed by atoms with Gasteiger partial charge >= 0.3 is 0 Å². The van der Waals surface area contributed by atoms with Gasteiger partial charge in [-0.15, -0.1) is 0 Å². The maximum absolute atomic E-state index is 12.4. The molecule has 0 heterocycles. The molecule has 2 aliphatic carbocycles. The van der Waals surface area contributed by atoms with E-state index >= 15 is 0 Å². The van der Waals surface area contributed by atoms with Gasteiger partial charge in [0.2, 0.25) is 0 Å². The molecule has 2 bridgehead atoms. The number of benzene rings is 1. The van der Waals surface area contributed by atoms with Gasteiger partial charge in [-0.25, -0.2) is 0 Å². The van der Waals surface area contributed by atoms with Crippen molar-refractivity contribution in [3.8, 4) is 0 Å². The van der Waals surface area contributed by atoms with E-state index in [1.807, 2.05) is 0 Å². The fraction of sp³-hybridized carbons (Fsp3) is 0.412. The summed E-state index contributed by atoms with van der Waals surface area (Å²) in [5, 5.41) is 0. The van der Waals surface area contributed by atoms with Crippen LogP contribution in [0, 0.1) is 31.6 Å². The Morgan fingerprint density at radius 2 is 1.90 bits per heavy atom. The van der Waals surface area contributed by atoms with Crippen LogP contribution in [0.5, 0.6) is 0 Å². The smallest absolute Gasteiger partial charge is 0.253 e. The van der Waals surface area contributed by atoms with Gasteiger partial charge < -0.3 is 11.5 Å². The van der Waals surface area contributed by atoms with Crippen LogP contribution in [-0.4, -0.2) is 11.9 Å². The zero-order chi connectivity index (χ0) is 15.1. The summed E-state index contributed by atoms with van der Waals surface area (Å²) in [6.45, 7) is 4.19. The fourth-order valence-electron chi connectivity index (χ4n) is 3.90. The molecule has 0 radical (unpaired) electrons. The summed E-state index contributed by atoms with van der Waals surface area (Å²) in [7, 11) is 0. The topological polar surface area (TPSA) is 81.5 Å². The summed E-state index contributed by atoms with van der Waals surface area (Å²) in [6.07, 6.45) is 5.42. The lowest BCUT2D eigenvalue weighted by Crippen LogP contribution is -2.30. The third-order valence-corrected chi connectivity index (χ3v) is 4.78. The van der Waals surface area contributed by atoms with Crippen LogP contribution in [0.15, 0.2) is 35.3 Å². The van der Waals surface area contributed by atoms with Crippen LogP contribution >= 0.6 is 0 Å². The van der Waals surface area contributed by atoms with Crippen LogP contribution in [0.2, 0.25) is 0 Å². The lowest BCUT2D eigenvalue weighted by molar-refractivity contribution is -0.122. The Hall–Kier alpha value is -2.10. The molecule has 0 saturated heterocycles. The van der Waals surface area contributed by atoms with Crippen LogP contribution < -0.4 is 11.5 Å². The minimum absolute atomic E-state index is 0.136. The lowest BCUT2D eigenvalue weighted by atomic mass is 9.76. The number of hydrogen-bond acceptors (Lipinski definition) is 1. The summed E-state index contributed by atoms with van der Waals surface area (Å²) in [4.78, 5) is 16.2. The number of fused-ring (bicyclic) bond motifs is 2. The van der Waals surface area contributed by atoms with E-state index in [0.717, 1.165) is 6.42 Å². The number of carbonyl (C=O) groups excluding carboxylic acids is 1. The van der Waals surface area contributed by atoms with E-state index in [1.54, 1.807) is 0 Å². The predicted molar refractivity (Wildman–Crippen MR) is 83.7 cm³/mol. The first-order chi connectivity index (χ1) is 9.97. The average molecular weight is 283 g/mol. The largest absolute Gasteiger partial charge is 0.370 e. The second-order valence-electron chi connectivity index (χ2n) is 6.23. The van der Waals surface area contributed by atoms with Crippen molar-refractivity contribution in [2.45, 2.75) is 26.2 Å². The molecular weight excluding hydrogens is 262 g/mol. The standard InChI is InChI=1S/C17H21N3O/c1-9-3-4-10(2)13(7-9)14-11-5-6-12(8-11)15(14)16(21)20-17(18)19/h3-7,11-12,14-15H,8H2,1-2H3,(H4,18,19,20,21)/t11?,12?,14-,15+/m1/s1. The van der Waals surface area contributed by atoms with Crippen molar-refractivity contribution in [3.63, 3.8) is 0 Å². The van der Waals surface area contributed by atoms with Gasteiger partial charge in [0.05, 0.1) is 5.92 Å². The molecule has 2 aliphatic rings. The van der Waals surface area contributed by atoms with E-state index in [-0.39, 0.29) is 29.6 Å².